The maximum atomic E-state index is 13.4. The number of nitrogens with one attached hydrogen (secondary N) is 1. The minimum atomic E-state index is -0.285. The van der Waals surface area contributed by atoms with Crippen molar-refractivity contribution in [2.75, 3.05) is 30.9 Å². The third-order valence-corrected chi connectivity index (χ3v) is 6.91. The molecular formula is C27H23Cl2N3O2. The van der Waals surface area contributed by atoms with Crippen molar-refractivity contribution in [3.8, 4) is 16.9 Å². The molecular weight excluding hydrogens is 469 g/mol. The number of halogens is 2. The highest BCUT2D eigenvalue weighted by molar-refractivity contribution is 6.44. The average molecular weight is 492 g/mol. The maximum Gasteiger partial charge on any atom is 0.232 e. The van der Waals surface area contributed by atoms with Gasteiger partial charge in [-0.05, 0) is 18.6 Å². The van der Waals surface area contributed by atoms with Crippen molar-refractivity contribution in [1.29, 1.82) is 0 Å². The van der Waals surface area contributed by atoms with E-state index in [-0.39, 0.29) is 11.8 Å². The number of rotatable bonds is 4. The van der Waals surface area contributed by atoms with Gasteiger partial charge >= 0.3 is 0 Å². The van der Waals surface area contributed by atoms with Crippen LogP contribution in [0.3, 0.4) is 0 Å². The second-order valence-electron chi connectivity index (χ2n) is 8.43. The van der Waals surface area contributed by atoms with E-state index in [1.165, 1.54) is 0 Å². The first kappa shape index (κ1) is 22.5. The summed E-state index contributed by atoms with van der Waals surface area (Å²) in [7, 11) is 3.90. The molecule has 34 heavy (non-hydrogen) atoms. The maximum absolute atomic E-state index is 13.4. The monoisotopic (exact) mass is 491 g/mol. The Labute approximate surface area is 208 Å². The Morgan fingerprint density at radius 3 is 2.62 bits per heavy atom. The Bertz CT molecular complexity index is 1400. The van der Waals surface area contributed by atoms with Crippen LogP contribution < -0.4 is 15.0 Å². The lowest BCUT2D eigenvalue weighted by molar-refractivity contribution is -0.118. The van der Waals surface area contributed by atoms with Gasteiger partial charge in [-0.15, -0.1) is 0 Å². The van der Waals surface area contributed by atoms with Crippen LogP contribution in [0.25, 0.3) is 22.0 Å². The number of nitrogens with zero attached hydrogens (tertiary/aromatic N) is 2. The van der Waals surface area contributed by atoms with Crippen LogP contribution in [0.15, 0.2) is 66.9 Å². The Kier molecular flexibility index (Phi) is 6.07. The van der Waals surface area contributed by atoms with Crippen molar-refractivity contribution < 1.29 is 9.53 Å². The van der Waals surface area contributed by atoms with E-state index in [1.54, 1.807) is 12.3 Å². The molecule has 4 aromatic rings. The summed E-state index contributed by atoms with van der Waals surface area (Å²) in [6.07, 6.45) is 2.33. The van der Waals surface area contributed by atoms with E-state index in [9.17, 15) is 4.79 Å². The molecule has 172 valence electrons. The molecule has 5 rings (SSSR count). The second-order valence-corrected chi connectivity index (χ2v) is 9.22. The number of aromatic nitrogens is 1. The van der Waals surface area contributed by atoms with Gasteiger partial charge in [0.1, 0.15) is 5.75 Å². The summed E-state index contributed by atoms with van der Waals surface area (Å²) in [6, 6.07) is 19.2. The van der Waals surface area contributed by atoms with Gasteiger partial charge in [-0.2, -0.15) is 0 Å². The number of para-hydroxylation sites is 2. The summed E-state index contributed by atoms with van der Waals surface area (Å²) >= 11 is 12.8. The molecule has 0 aliphatic carbocycles. The number of fused-ring (bicyclic) bond motifs is 2. The third kappa shape index (κ3) is 3.95. The van der Waals surface area contributed by atoms with Crippen LogP contribution in [0.5, 0.6) is 5.75 Å². The van der Waals surface area contributed by atoms with Crippen molar-refractivity contribution in [2.45, 2.75) is 12.3 Å². The molecule has 0 fully saturated rings. The van der Waals surface area contributed by atoms with Gasteiger partial charge in [0.2, 0.25) is 5.91 Å². The summed E-state index contributed by atoms with van der Waals surface area (Å²) in [6.45, 7) is 0.509. The molecule has 0 saturated carbocycles. The van der Waals surface area contributed by atoms with Crippen molar-refractivity contribution in [3.63, 3.8) is 0 Å². The van der Waals surface area contributed by atoms with Crippen molar-refractivity contribution in [1.82, 2.24) is 4.98 Å². The van der Waals surface area contributed by atoms with Crippen LogP contribution in [0.2, 0.25) is 10.0 Å². The molecule has 7 heteroatoms. The van der Waals surface area contributed by atoms with Crippen LogP contribution in [0, 0.1) is 0 Å². The average Bonchev–Trinajstić information content (AvgIpc) is 2.84. The Morgan fingerprint density at radius 2 is 1.79 bits per heavy atom. The van der Waals surface area contributed by atoms with Gasteiger partial charge in [0.25, 0.3) is 0 Å². The fraction of sp³-hybridized carbons (Fsp3) is 0.185. The highest BCUT2D eigenvalue weighted by Gasteiger charge is 2.28. The number of amides is 1. The van der Waals surface area contributed by atoms with Gasteiger partial charge < -0.3 is 15.0 Å². The van der Waals surface area contributed by atoms with E-state index < -0.39 is 0 Å². The standard InChI is InChI=1S/C27H23Cl2N3O2/c1-32(2)26-20-10-5-9-18(17-8-6-11-21(28)24(17)29)25(20)30-15-22(26)31-27(33)19-13-14-34-23-12-4-3-7-16(19)23/h3-12,15,19H,13-14H2,1-2H3,(H,31,33)/t19-/m0/s1. The van der Waals surface area contributed by atoms with E-state index in [1.807, 2.05) is 73.6 Å². The molecule has 1 amide bonds. The normalized spacial score (nSPS) is 14.9. The van der Waals surface area contributed by atoms with Gasteiger partial charge in [0, 0.05) is 36.2 Å². The first-order valence-electron chi connectivity index (χ1n) is 11.0. The number of benzene rings is 3. The Morgan fingerprint density at radius 1 is 1.03 bits per heavy atom. The van der Waals surface area contributed by atoms with Gasteiger partial charge in [-0.25, -0.2) is 0 Å². The number of hydrogen-bond donors (Lipinski definition) is 1. The van der Waals surface area contributed by atoms with Gasteiger partial charge in [0.15, 0.2) is 0 Å². The minimum absolute atomic E-state index is 0.0750. The smallest absolute Gasteiger partial charge is 0.232 e. The molecule has 0 unspecified atom stereocenters. The molecule has 1 aromatic heterocycles. The van der Waals surface area contributed by atoms with Crippen molar-refractivity contribution in [2.24, 2.45) is 0 Å². The molecule has 1 aliphatic heterocycles. The lowest BCUT2D eigenvalue weighted by Gasteiger charge is -2.26. The van der Waals surface area contributed by atoms with Crippen LogP contribution >= 0.6 is 23.2 Å². The molecule has 0 saturated heterocycles. The molecule has 1 N–H and O–H groups in total. The predicted octanol–water partition coefficient (Wildman–Crippen LogP) is 6.78. The van der Waals surface area contributed by atoms with Crippen LogP contribution in [0.1, 0.15) is 17.9 Å². The van der Waals surface area contributed by atoms with Gasteiger partial charge in [-0.1, -0.05) is 71.7 Å². The first-order valence-corrected chi connectivity index (χ1v) is 11.8. The number of carbonyl (C=O) groups is 1. The molecule has 1 atom stereocenters. The van der Waals surface area contributed by atoms with E-state index in [4.69, 9.17) is 32.9 Å². The van der Waals surface area contributed by atoms with Gasteiger partial charge in [-0.3, -0.25) is 9.78 Å². The SMILES string of the molecule is CN(C)c1c(NC(=O)[C@H]2CCOc3ccccc32)cnc2c(-c3cccc(Cl)c3Cl)cccc12. The summed E-state index contributed by atoms with van der Waals surface area (Å²) < 4.78 is 5.73. The fourth-order valence-electron chi connectivity index (χ4n) is 4.55. The van der Waals surface area contributed by atoms with E-state index in [0.29, 0.717) is 28.8 Å². The predicted molar refractivity (Wildman–Crippen MR) is 139 cm³/mol. The topological polar surface area (TPSA) is 54.5 Å². The fourth-order valence-corrected chi connectivity index (χ4v) is 4.95. The number of ether oxygens (including phenoxy) is 1. The zero-order valence-electron chi connectivity index (χ0n) is 18.8. The van der Waals surface area contributed by atoms with Crippen molar-refractivity contribution in [3.05, 3.63) is 82.5 Å². The Balaban J connectivity index is 1.58. The summed E-state index contributed by atoms with van der Waals surface area (Å²) in [5.74, 6) is 0.405. The van der Waals surface area contributed by atoms with E-state index >= 15 is 0 Å². The molecule has 0 bridgehead atoms. The molecule has 2 heterocycles. The quantitative estimate of drug-likeness (QED) is 0.341. The third-order valence-electron chi connectivity index (χ3n) is 6.09. The number of anilines is 2. The first-order chi connectivity index (χ1) is 16.5. The zero-order chi connectivity index (χ0) is 23.8. The number of hydrogen-bond acceptors (Lipinski definition) is 4. The van der Waals surface area contributed by atoms with Gasteiger partial charge in [0.05, 0.1) is 45.7 Å². The molecule has 0 spiro atoms. The van der Waals surface area contributed by atoms with Crippen LogP contribution in [-0.4, -0.2) is 31.6 Å². The highest BCUT2D eigenvalue weighted by atomic mass is 35.5. The number of pyridine rings is 1. The molecule has 0 radical (unpaired) electrons. The Hall–Kier alpha value is -3.28. The number of carbonyl (C=O) groups excluding carboxylic acids is 1. The lowest BCUT2D eigenvalue weighted by Crippen LogP contribution is -2.27. The van der Waals surface area contributed by atoms with E-state index in [0.717, 1.165) is 39.0 Å². The second kappa shape index (κ2) is 9.16. The molecule has 1 aliphatic rings. The highest BCUT2D eigenvalue weighted by Crippen LogP contribution is 2.41. The summed E-state index contributed by atoms with van der Waals surface area (Å²) in [5, 5.41) is 5.01. The zero-order valence-corrected chi connectivity index (χ0v) is 20.3. The molecule has 5 nitrogen and oxygen atoms in total. The largest absolute Gasteiger partial charge is 0.493 e. The molecule has 3 aromatic carbocycles. The van der Waals surface area contributed by atoms with Crippen molar-refractivity contribution >= 4 is 51.4 Å². The van der Waals surface area contributed by atoms with Crippen LogP contribution in [-0.2, 0) is 4.79 Å². The van der Waals surface area contributed by atoms with Crippen LogP contribution in [0.4, 0.5) is 11.4 Å². The summed E-state index contributed by atoms with van der Waals surface area (Å²) in [4.78, 5) is 20.1. The summed E-state index contributed by atoms with van der Waals surface area (Å²) in [5.41, 5.74) is 4.91. The minimum Gasteiger partial charge on any atom is -0.493 e. The lowest BCUT2D eigenvalue weighted by atomic mass is 9.92. The van der Waals surface area contributed by atoms with E-state index in [2.05, 4.69) is 5.32 Å².